The third-order valence-electron chi connectivity index (χ3n) is 8.26. The van der Waals surface area contributed by atoms with Crippen LogP contribution < -0.4 is 20.3 Å². The number of hydrogen-bond donors (Lipinski definition) is 3. The molecule has 2 aromatic heterocycles. The summed E-state index contributed by atoms with van der Waals surface area (Å²) in [6.45, 7) is 2.67. The van der Waals surface area contributed by atoms with Crippen molar-refractivity contribution < 1.29 is 27.8 Å². The molecule has 210 valence electrons. The molecule has 4 aliphatic rings. The van der Waals surface area contributed by atoms with Crippen molar-refractivity contribution in [2.45, 2.75) is 37.8 Å². The molecule has 0 bridgehead atoms. The molecule has 1 unspecified atom stereocenters. The number of hydrogen-bond acceptors (Lipinski definition) is 9. The standard InChI is InChI=1S/C26H28F2N8O4/c1-29-8-16-31-21-19(27)14-6-13(7-15(14)20(28)22(21)32-16)10-35-4-2-26(3-5-35)12-36(25(38)40-26)17-9-30-24-23(33-17)34-18(37)11-39-24/h9,13,29H,2-8,10-12H2,1H3,(H,31,32)(H,33,34,37). The first-order valence-electron chi connectivity index (χ1n) is 13.4. The van der Waals surface area contributed by atoms with Crippen LogP contribution in [0.3, 0.4) is 0 Å². The van der Waals surface area contributed by atoms with E-state index in [0.29, 0.717) is 75.4 Å². The zero-order chi connectivity index (χ0) is 27.6. The van der Waals surface area contributed by atoms with Gasteiger partial charge in [-0.2, -0.15) is 0 Å². The molecule has 5 heterocycles. The van der Waals surface area contributed by atoms with Gasteiger partial charge in [-0.05, 0) is 36.9 Å². The Balaban J connectivity index is 0.995. The average Bonchev–Trinajstić information content (AvgIpc) is 3.65. The highest BCUT2D eigenvalue weighted by Crippen LogP contribution is 2.39. The summed E-state index contributed by atoms with van der Waals surface area (Å²) >= 11 is 0. The molecule has 3 aromatic rings. The molecule has 3 aliphatic heterocycles. The van der Waals surface area contributed by atoms with E-state index in [9.17, 15) is 9.59 Å². The summed E-state index contributed by atoms with van der Waals surface area (Å²) in [6, 6.07) is 0. The SMILES string of the molecule is CNCc1nc2c(F)c3c(c(F)c2[nH]1)CC(CN1CCC2(CC1)CN(c1cnc4c(n1)NC(=O)CO4)C(=O)O2)C3. The van der Waals surface area contributed by atoms with Crippen LogP contribution in [-0.4, -0.2) is 82.3 Å². The molecule has 2 fully saturated rings. The topological polar surface area (TPSA) is 138 Å². The Bertz CT molecular complexity index is 1490. The van der Waals surface area contributed by atoms with Crippen molar-refractivity contribution in [3.63, 3.8) is 0 Å². The lowest BCUT2D eigenvalue weighted by atomic mass is 9.90. The average molecular weight is 555 g/mol. The van der Waals surface area contributed by atoms with Crippen LogP contribution in [0.1, 0.15) is 29.8 Å². The number of benzene rings is 1. The maximum atomic E-state index is 15.3. The number of carbonyl (C=O) groups is 2. The largest absolute Gasteiger partial charge is 0.465 e. The number of amides is 2. The molecule has 1 aliphatic carbocycles. The fourth-order valence-electron chi connectivity index (χ4n) is 6.31. The predicted octanol–water partition coefficient (Wildman–Crippen LogP) is 1.89. The Morgan fingerprint density at radius 2 is 1.93 bits per heavy atom. The van der Waals surface area contributed by atoms with Crippen molar-refractivity contribution in [2.75, 3.05) is 50.1 Å². The molecule has 1 atom stereocenters. The van der Waals surface area contributed by atoms with Gasteiger partial charge >= 0.3 is 6.09 Å². The molecule has 1 aromatic carbocycles. The van der Waals surface area contributed by atoms with E-state index < -0.39 is 23.3 Å². The first kappa shape index (κ1) is 25.1. The number of likely N-dealkylation sites (tertiary alicyclic amines) is 1. The van der Waals surface area contributed by atoms with E-state index in [1.54, 1.807) is 7.05 Å². The number of halogens is 2. The van der Waals surface area contributed by atoms with Crippen molar-refractivity contribution in [1.82, 2.24) is 30.2 Å². The van der Waals surface area contributed by atoms with Gasteiger partial charge in [-0.15, -0.1) is 0 Å². The van der Waals surface area contributed by atoms with E-state index in [1.807, 2.05) is 0 Å². The summed E-state index contributed by atoms with van der Waals surface area (Å²) in [6.07, 6.45) is 3.10. The van der Waals surface area contributed by atoms with Crippen LogP contribution in [0, 0.1) is 17.6 Å². The third kappa shape index (κ3) is 4.13. The maximum Gasteiger partial charge on any atom is 0.416 e. The normalized spacial score (nSPS) is 20.5. The third-order valence-corrected chi connectivity index (χ3v) is 8.26. The van der Waals surface area contributed by atoms with Gasteiger partial charge in [0.15, 0.2) is 29.9 Å². The predicted molar refractivity (Wildman–Crippen MR) is 138 cm³/mol. The molecular weight excluding hydrogens is 526 g/mol. The van der Waals surface area contributed by atoms with Gasteiger partial charge in [0.05, 0.1) is 19.3 Å². The van der Waals surface area contributed by atoms with E-state index in [0.717, 1.165) is 0 Å². The highest BCUT2D eigenvalue weighted by atomic mass is 19.1. The second-order valence-electron chi connectivity index (χ2n) is 11.0. The quantitative estimate of drug-likeness (QED) is 0.432. The lowest BCUT2D eigenvalue weighted by molar-refractivity contribution is -0.118. The fourth-order valence-corrected chi connectivity index (χ4v) is 6.31. The van der Waals surface area contributed by atoms with Crippen LogP contribution in [0.25, 0.3) is 11.0 Å². The van der Waals surface area contributed by atoms with Gasteiger partial charge in [0.25, 0.3) is 11.8 Å². The first-order valence-corrected chi connectivity index (χ1v) is 13.4. The van der Waals surface area contributed by atoms with E-state index in [-0.39, 0.29) is 47.0 Å². The van der Waals surface area contributed by atoms with Gasteiger partial charge in [-0.3, -0.25) is 9.69 Å². The molecule has 2 amide bonds. The van der Waals surface area contributed by atoms with Crippen LogP contribution >= 0.6 is 0 Å². The molecule has 1 spiro atoms. The summed E-state index contributed by atoms with van der Waals surface area (Å²) in [5.41, 5.74) is 0.411. The van der Waals surface area contributed by atoms with Gasteiger partial charge in [0, 0.05) is 32.5 Å². The second-order valence-corrected chi connectivity index (χ2v) is 11.0. The molecule has 2 saturated heterocycles. The number of imidazole rings is 1. The van der Waals surface area contributed by atoms with Gasteiger partial charge in [0.1, 0.15) is 22.5 Å². The van der Waals surface area contributed by atoms with Gasteiger partial charge in [-0.1, -0.05) is 0 Å². The minimum atomic E-state index is -0.655. The summed E-state index contributed by atoms with van der Waals surface area (Å²) in [4.78, 5) is 43.8. The van der Waals surface area contributed by atoms with Gasteiger partial charge < -0.3 is 30.0 Å². The fraction of sp³-hybridized carbons (Fsp3) is 0.500. The number of aromatic amines is 1. The number of fused-ring (bicyclic) bond motifs is 3. The lowest BCUT2D eigenvalue weighted by Gasteiger charge is -2.38. The number of ether oxygens (including phenoxy) is 2. The second kappa shape index (κ2) is 9.34. The monoisotopic (exact) mass is 554 g/mol. The number of rotatable bonds is 5. The van der Waals surface area contributed by atoms with Crippen molar-refractivity contribution in [3.05, 3.63) is 34.8 Å². The van der Waals surface area contributed by atoms with E-state index in [1.165, 1.54) is 11.1 Å². The molecule has 0 saturated carbocycles. The number of anilines is 2. The Morgan fingerprint density at radius 1 is 1.15 bits per heavy atom. The zero-order valence-corrected chi connectivity index (χ0v) is 21.9. The number of piperidine rings is 1. The van der Waals surface area contributed by atoms with Crippen LogP contribution in [-0.2, 0) is 28.9 Å². The minimum Gasteiger partial charge on any atom is -0.465 e. The Hall–Kier alpha value is -3.91. The zero-order valence-electron chi connectivity index (χ0n) is 21.9. The van der Waals surface area contributed by atoms with Crippen molar-refractivity contribution in [2.24, 2.45) is 5.92 Å². The molecule has 7 rings (SSSR count). The van der Waals surface area contributed by atoms with E-state index in [2.05, 4.69) is 35.5 Å². The summed E-state index contributed by atoms with van der Waals surface area (Å²) < 4.78 is 41.7. The molecule has 0 radical (unpaired) electrons. The van der Waals surface area contributed by atoms with Crippen LogP contribution in [0.15, 0.2) is 6.20 Å². The molecular formula is C26H28F2N8O4. The smallest absolute Gasteiger partial charge is 0.416 e. The van der Waals surface area contributed by atoms with Crippen LogP contribution in [0.4, 0.5) is 25.2 Å². The van der Waals surface area contributed by atoms with Gasteiger partial charge in [0.2, 0.25) is 0 Å². The number of nitrogens with one attached hydrogen (secondary N) is 3. The highest BCUT2D eigenvalue weighted by molar-refractivity contribution is 5.94. The van der Waals surface area contributed by atoms with Gasteiger partial charge in [-0.25, -0.2) is 28.5 Å². The number of aromatic nitrogens is 4. The molecule has 12 nitrogen and oxygen atoms in total. The van der Waals surface area contributed by atoms with Crippen LogP contribution in [0.5, 0.6) is 5.88 Å². The Kier molecular flexibility index (Phi) is 5.85. The van der Waals surface area contributed by atoms with Crippen molar-refractivity contribution in [1.29, 1.82) is 0 Å². The van der Waals surface area contributed by atoms with Crippen molar-refractivity contribution >= 4 is 34.7 Å². The summed E-state index contributed by atoms with van der Waals surface area (Å²) in [5.74, 6) is 0.0793. The van der Waals surface area contributed by atoms with Crippen molar-refractivity contribution in [3.8, 4) is 5.88 Å². The van der Waals surface area contributed by atoms with Crippen LogP contribution in [0.2, 0.25) is 0 Å². The summed E-state index contributed by atoms with van der Waals surface area (Å²) in [5, 5.41) is 5.54. The van der Waals surface area contributed by atoms with E-state index in [4.69, 9.17) is 9.47 Å². The Labute approximate surface area is 227 Å². The number of carbonyl (C=O) groups excluding carboxylic acids is 2. The highest BCUT2D eigenvalue weighted by Gasteiger charge is 2.48. The molecule has 40 heavy (non-hydrogen) atoms. The summed E-state index contributed by atoms with van der Waals surface area (Å²) in [7, 11) is 1.75. The molecule has 14 heteroatoms. The molecule has 3 N–H and O–H groups in total. The number of H-pyrrole nitrogens is 1. The maximum absolute atomic E-state index is 15.3. The first-order chi connectivity index (χ1) is 19.3. The lowest BCUT2D eigenvalue weighted by Crippen LogP contribution is -2.48. The van der Waals surface area contributed by atoms with E-state index >= 15 is 8.78 Å². The number of nitrogens with zero attached hydrogens (tertiary/aromatic N) is 5. The minimum absolute atomic E-state index is 0.0631. The Morgan fingerprint density at radius 3 is 2.70 bits per heavy atom.